The maximum atomic E-state index is 5.87. The van der Waals surface area contributed by atoms with Gasteiger partial charge in [-0.25, -0.2) is 9.97 Å². The van der Waals surface area contributed by atoms with Crippen LogP contribution in [0, 0.1) is 0 Å². The molecule has 0 bridgehead atoms. The van der Waals surface area contributed by atoms with Crippen molar-refractivity contribution in [1.82, 2.24) is 9.97 Å². The van der Waals surface area contributed by atoms with E-state index in [1.54, 1.807) is 11.3 Å². The van der Waals surface area contributed by atoms with Crippen molar-refractivity contribution in [3.05, 3.63) is 36.7 Å². The zero-order valence-corrected chi connectivity index (χ0v) is 13.3. The van der Waals surface area contributed by atoms with Crippen LogP contribution in [-0.4, -0.2) is 16.5 Å². The van der Waals surface area contributed by atoms with Gasteiger partial charge in [-0.2, -0.15) is 0 Å². The summed E-state index contributed by atoms with van der Waals surface area (Å²) in [7, 11) is 0. The van der Waals surface area contributed by atoms with Crippen LogP contribution in [-0.2, 0) is 6.42 Å². The molecule has 0 atom stereocenters. The number of nitrogens with zero attached hydrogens (tertiary/aromatic N) is 2. The van der Waals surface area contributed by atoms with Crippen molar-refractivity contribution in [3.63, 3.8) is 0 Å². The minimum atomic E-state index is 0.418. The number of aromatic nitrogens is 2. The van der Waals surface area contributed by atoms with Crippen LogP contribution in [0.25, 0.3) is 0 Å². The van der Waals surface area contributed by atoms with Gasteiger partial charge in [0.25, 0.3) is 0 Å². The Balaban J connectivity index is 1.92. The van der Waals surface area contributed by atoms with Gasteiger partial charge in [-0.1, -0.05) is 11.6 Å². The maximum absolute atomic E-state index is 5.87. The van der Waals surface area contributed by atoms with Gasteiger partial charge in [-0.05, 0) is 50.4 Å². The summed E-state index contributed by atoms with van der Waals surface area (Å²) >= 11 is 14.4. The van der Waals surface area contributed by atoms with E-state index in [1.807, 2.05) is 0 Å². The van der Waals surface area contributed by atoms with Gasteiger partial charge in [0.15, 0.2) is 0 Å². The zero-order chi connectivity index (χ0) is 12.3. The molecule has 0 amide bonds. The molecule has 0 saturated heterocycles. The molecule has 0 aromatic carbocycles. The number of rotatable bonds is 4. The third-order valence-electron chi connectivity index (χ3n) is 2.04. The zero-order valence-electron chi connectivity index (χ0n) is 8.58. The lowest BCUT2D eigenvalue weighted by Crippen LogP contribution is -2.06. The lowest BCUT2D eigenvalue weighted by atomic mass is 10.3. The predicted molar refractivity (Wildman–Crippen MR) is 79.0 cm³/mol. The van der Waals surface area contributed by atoms with Crippen molar-refractivity contribution in [3.8, 4) is 0 Å². The molecule has 2 aromatic rings. The molecule has 7 heteroatoms. The van der Waals surface area contributed by atoms with E-state index in [4.69, 9.17) is 11.6 Å². The smallest absolute Gasteiger partial charge is 0.148 e. The fraction of sp³-hybridized carbons (Fsp3) is 0.200. The Kier molecular flexibility index (Phi) is 4.78. The molecular formula is C10H8Br2ClN3S. The number of nitrogens with one attached hydrogen (secondary N) is 1. The summed E-state index contributed by atoms with van der Waals surface area (Å²) in [6.45, 7) is 0.804. The van der Waals surface area contributed by atoms with Crippen molar-refractivity contribution in [2.24, 2.45) is 0 Å². The first kappa shape index (κ1) is 13.3. The molecule has 0 aliphatic heterocycles. The normalized spacial score (nSPS) is 10.5. The molecule has 0 radical (unpaired) electrons. The van der Waals surface area contributed by atoms with Crippen LogP contribution in [0.5, 0.6) is 0 Å². The van der Waals surface area contributed by atoms with Gasteiger partial charge in [0.1, 0.15) is 17.3 Å². The van der Waals surface area contributed by atoms with E-state index < -0.39 is 0 Å². The number of halogens is 3. The first-order chi connectivity index (χ1) is 8.16. The largest absolute Gasteiger partial charge is 0.369 e. The highest BCUT2D eigenvalue weighted by molar-refractivity contribution is 9.11. The fourth-order valence-electron chi connectivity index (χ4n) is 1.26. The highest BCUT2D eigenvalue weighted by Gasteiger charge is 2.06. The Labute approximate surface area is 125 Å². The molecule has 2 rings (SSSR count). The van der Waals surface area contributed by atoms with E-state index in [1.165, 1.54) is 11.2 Å². The molecule has 0 saturated carbocycles. The summed E-state index contributed by atoms with van der Waals surface area (Å²) in [5, 5.41) is 3.64. The van der Waals surface area contributed by atoms with Crippen LogP contribution in [0.4, 0.5) is 5.82 Å². The van der Waals surface area contributed by atoms with Gasteiger partial charge in [-0.3, -0.25) is 0 Å². The third kappa shape index (κ3) is 3.64. The highest BCUT2D eigenvalue weighted by Crippen LogP contribution is 2.26. The van der Waals surface area contributed by atoms with Crippen LogP contribution in [0.1, 0.15) is 4.88 Å². The summed E-state index contributed by atoms with van der Waals surface area (Å²) < 4.78 is 1.85. The molecule has 0 unspecified atom stereocenters. The lowest BCUT2D eigenvalue weighted by molar-refractivity contribution is 1.01. The van der Waals surface area contributed by atoms with Gasteiger partial charge in [0.05, 0.1) is 8.26 Å². The SMILES string of the molecule is Clc1ncnc(NCCc2ccc(Br)s2)c1Br. The van der Waals surface area contributed by atoms with Crippen molar-refractivity contribution >= 4 is 60.6 Å². The summed E-state index contributed by atoms with van der Waals surface area (Å²) in [6.07, 6.45) is 2.39. The van der Waals surface area contributed by atoms with Crippen molar-refractivity contribution in [2.75, 3.05) is 11.9 Å². The van der Waals surface area contributed by atoms with Crippen LogP contribution in [0.15, 0.2) is 26.7 Å². The second-order valence-corrected chi connectivity index (χ2v) is 6.91. The standard InChI is InChI=1S/C10H8Br2ClN3S/c11-7-2-1-6(17-7)3-4-14-10-8(12)9(13)15-5-16-10/h1-2,5H,3-4H2,(H,14,15,16). The molecule has 0 aliphatic carbocycles. The van der Waals surface area contributed by atoms with E-state index >= 15 is 0 Å². The lowest BCUT2D eigenvalue weighted by Gasteiger charge is -2.06. The molecule has 2 aromatic heterocycles. The van der Waals surface area contributed by atoms with Crippen molar-refractivity contribution in [2.45, 2.75) is 6.42 Å². The fourth-order valence-corrected chi connectivity index (χ4v) is 3.22. The van der Waals surface area contributed by atoms with Crippen LogP contribution in [0.2, 0.25) is 5.15 Å². The average molecular weight is 398 g/mol. The molecule has 0 spiro atoms. The van der Waals surface area contributed by atoms with Crippen LogP contribution < -0.4 is 5.32 Å². The summed E-state index contributed by atoms with van der Waals surface area (Å²) in [4.78, 5) is 9.31. The molecule has 0 fully saturated rings. The first-order valence-corrected chi connectivity index (χ1v) is 7.59. The Hall–Kier alpha value is -0.170. The molecule has 0 aliphatic rings. The van der Waals surface area contributed by atoms with E-state index in [0.717, 1.165) is 22.6 Å². The quantitative estimate of drug-likeness (QED) is 0.779. The number of hydrogen-bond donors (Lipinski definition) is 1. The maximum Gasteiger partial charge on any atom is 0.148 e. The molecule has 90 valence electrons. The van der Waals surface area contributed by atoms with Gasteiger partial charge < -0.3 is 5.32 Å². The molecule has 3 nitrogen and oxygen atoms in total. The van der Waals surface area contributed by atoms with E-state index in [0.29, 0.717) is 9.63 Å². The second-order valence-electron chi connectivity index (χ2n) is 3.21. The van der Waals surface area contributed by atoms with Gasteiger partial charge >= 0.3 is 0 Å². The number of anilines is 1. The Morgan fingerprint density at radius 3 is 2.82 bits per heavy atom. The Bertz CT molecular complexity index is 518. The topological polar surface area (TPSA) is 37.8 Å². The average Bonchev–Trinajstić information content (AvgIpc) is 2.70. The molecule has 1 N–H and O–H groups in total. The van der Waals surface area contributed by atoms with Crippen LogP contribution >= 0.6 is 54.8 Å². The van der Waals surface area contributed by atoms with Gasteiger partial charge in [0, 0.05) is 11.4 Å². The number of hydrogen-bond acceptors (Lipinski definition) is 4. The highest BCUT2D eigenvalue weighted by atomic mass is 79.9. The van der Waals surface area contributed by atoms with Gasteiger partial charge in [0.2, 0.25) is 0 Å². The minimum Gasteiger partial charge on any atom is -0.369 e. The molecule has 2 heterocycles. The third-order valence-corrected chi connectivity index (χ3v) is 4.99. The summed E-state index contributed by atoms with van der Waals surface area (Å²) in [6, 6.07) is 4.16. The van der Waals surface area contributed by atoms with E-state index in [2.05, 4.69) is 59.3 Å². The minimum absolute atomic E-state index is 0.418. The summed E-state index contributed by atoms with van der Waals surface area (Å²) in [5.41, 5.74) is 0. The van der Waals surface area contributed by atoms with E-state index in [9.17, 15) is 0 Å². The van der Waals surface area contributed by atoms with E-state index in [-0.39, 0.29) is 0 Å². The summed E-state index contributed by atoms with van der Waals surface area (Å²) in [5.74, 6) is 0.723. The van der Waals surface area contributed by atoms with Crippen molar-refractivity contribution < 1.29 is 0 Å². The molecular weight excluding hydrogens is 389 g/mol. The van der Waals surface area contributed by atoms with Crippen molar-refractivity contribution in [1.29, 1.82) is 0 Å². The van der Waals surface area contributed by atoms with Gasteiger partial charge in [-0.15, -0.1) is 11.3 Å². The Morgan fingerprint density at radius 2 is 2.12 bits per heavy atom. The first-order valence-electron chi connectivity index (χ1n) is 4.81. The number of thiophene rings is 1. The predicted octanol–water partition coefficient (Wildman–Crippen LogP) is 4.37. The monoisotopic (exact) mass is 395 g/mol. The second kappa shape index (κ2) is 6.13. The van der Waals surface area contributed by atoms with Crippen LogP contribution in [0.3, 0.4) is 0 Å². The Morgan fingerprint density at radius 1 is 1.29 bits per heavy atom. The molecule has 17 heavy (non-hydrogen) atoms.